The average Bonchev–Trinajstić information content (AvgIpc) is 3.28. The number of rotatable bonds is 13. The van der Waals surface area contributed by atoms with Gasteiger partial charge in [0.05, 0.1) is 27.4 Å². The van der Waals surface area contributed by atoms with Crippen LogP contribution in [0.4, 0.5) is 5.69 Å². The molecular weight excluding hydrogens is 562 g/mol. The summed E-state index contributed by atoms with van der Waals surface area (Å²) >= 11 is 5.08. The van der Waals surface area contributed by atoms with Crippen molar-refractivity contribution in [1.29, 1.82) is 0 Å². The van der Waals surface area contributed by atoms with Gasteiger partial charge in [-0.15, -0.1) is 11.3 Å². The minimum absolute atomic E-state index is 0.0285. The number of aliphatic hydroxyl groups is 1. The second-order valence-corrected chi connectivity index (χ2v) is 13.2. The number of thiophene rings is 1. The predicted octanol–water partition coefficient (Wildman–Crippen LogP) is 4.18. The Morgan fingerprint density at radius 2 is 1.86 bits per heavy atom. The van der Waals surface area contributed by atoms with Gasteiger partial charge in [-0.05, 0) is 64.7 Å². The number of amides is 1. The van der Waals surface area contributed by atoms with Gasteiger partial charge in [0.1, 0.15) is 0 Å². The Balaban J connectivity index is 1.72. The lowest BCUT2D eigenvalue weighted by Gasteiger charge is -2.25. The first-order chi connectivity index (χ1) is 17.2. The van der Waals surface area contributed by atoms with Crippen LogP contribution in [0.3, 0.4) is 0 Å². The minimum Gasteiger partial charge on any atom is -0.390 e. The SMILES string of the molecule is CCCS(=O)(=O)N(C)c1cccc(C(=O)N[C@@H](Cc2ccccc2)[C@@H](O)CNCc2ccc(Br)s2)c1. The highest BCUT2D eigenvalue weighted by Crippen LogP contribution is 2.22. The summed E-state index contributed by atoms with van der Waals surface area (Å²) in [6.07, 6.45) is 0.113. The topological polar surface area (TPSA) is 98.7 Å². The second kappa shape index (κ2) is 13.3. The maximum absolute atomic E-state index is 13.2. The molecule has 194 valence electrons. The van der Waals surface area contributed by atoms with Crippen LogP contribution < -0.4 is 14.9 Å². The Kier molecular flexibility index (Phi) is 10.5. The van der Waals surface area contributed by atoms with E-state index in [0.717, 1.165) is 14.2 Å². The number of halogens is 1. The van der Waals surface area contributed by atoms with Gasteiger partial charge in [0.15, 0.2) is 0 Å². The Labute approximate surface area is 225 Å². The van der Waals surface area contributed by atoms with Crippen molar-refractivity contribution in [3.63, 3.8) is 0 Å². The smallest absolute Gasteiger partial charge is 0.251 e. The fraction of sp³-hybridized carbons (Fsp3) is 0.346. The molecule has 1 aromatic heterocycles. The van der Waals surface area contributed by atoms with E-state index in [1.54, 1.807) is 35.6 Å². The lowest BCUT2D eigenvalue weighted by atomic mass is 10.0. The van der Waals surface area contributed by atoms with Crippen molar-refractivity contribution in [3.8, 4) is 0 Å². The highest BCUT2D eigenvalue weighted by atomic mass is 79.9. The van der Waals surface area contributed by atoms with Gasteiger partial charge < -0.3 is 15.7 Å². The van der Waals surface area contributed by atoms with Crippen LogP contribution in [-0.4, -0.2) is 50.9 Å². The van der Waals surface area contributed by atoms with Crippen molar-refractivity contribution in [3.05, 3.63) is 86.5 Å². The minimum atomic E-state index is -3.46. The summed E-state index contributed by atoms with van der Waals surface area (Å²) in [7, 11) is -1.98. The van der Waals surface area contributed by atoms with Gasteiger partial charge in [-0.3, -0.25) is 9.10 Å². The van der Waals surface area contributed by atoms with Crippen molar-refractivity contribution >= 4 is 48.9 Å². The third-order valence-corrected chi connectivity index (χ3v) is 9.31. The zero-order chi connectivity index (χ0) is 26.1. The van der Waals surface area contributed by atoms with Crippen LogP contribution in [0.25, 0.3) is 0 Å². The normalized spacial score (nSPS) is 13.2. The van der Waals surface area contributed by atoms with Crippen molar-refractivity contribution < 1.29 is 18.3 Å². The Bertz CT molecular complexity index is 1230. The standard InChI is InChI=1S/C26H32BrN3O4S2/c1-3-14-36(33,34)30(2)21-11-7-10-20(16-21)26(32)29-23(15-19-8-5-4-6-9-19)24(31)18-28-17-22-12-13-25(27)35-22/h4-13,16,23-24,28,31H,3,14-15,17-18H2,1-2H3,(H,29,32)/t23-,24-/m0/s1. The first-order valence-electron chi connectivity index (χ1n) is 11.7. The van der Waals surface area contributed by atoms with E-state index >= 15 is 0 Å². The third kappa shape index (κ3) is 8.14. The maximum Gasteiger partial charge on any atom is 0.251 e. The quantitative estimate of drug-likeness (QED) is 0.276. The molecule has 36 heavy (non-hydrogen) atoms. The molecule has 0 saturated heterocycles. The molecule has 2 aromatic carbocycles. The lowest BCUT2D eigenvalue weighted by molar-refractivity contribution is 0.0830. The molecule has 0 fully saturated rings. The Hall–Kier alpha value is -2.24. The van der Waals surface area contributed by atoms with E-state index in [9.17, 15) is 18.3 Å². The van der Waals surface area contributed by atoms with Crippen LogP contribution in [0, 0.1) is 0 Å². The molecular formula is C26H32BrN3O4S2. The van der Waals surface area contributed by atoms with Crippen LogP contribution in [-0.2, 0) is 23.0 Å². The number of hydrogen-bond donors (Lipinski definition) is 3. The van der Waals surface area contributed by atoms with Crippen molar-refractivity contribution in [2.75, 3.05) is 23.7 Å². The summed E-state index contributed by atoms with van der Waals surface area (Å²) in [5.74, 6) is -0.346. The van der Waals surface area contributed by atoms with Crippen molar-refractivity contribution in [2.45, 2.75) is 38.5 Å². The van der Waals surface area contributed by atoms with Crippen LogP contribution in [0.15, 0.2) is 70.5 Å². The van der Waals surface area contributed by atoms with Gasteiger partial charge in [-0.25, -0.2) is 8.42 Å². The molecule has 2 atom stereocenters. The first kappa shape index (κ1) is 28.3. The van der Waals surface area contributed by atoms with Gasteiger partial charge in [-0.2, -0.15) is 0 Å². The second-order valence-electron chi connectivity index (χ2n) is 8.51. The fourth-order valence-electron chi connectivity index (χ4n) is 3.73. The van der Waals surface area contributed by atoms with E-state index in [2.05, 4.69) is 26.6 Å². The van der Waals surface area contributed by atoms with Crippen LogP contribution in [0.1, 0.15) is 34.1 Å². The number of carbonyl (C=O) groups excluding carboxylic acids is 1. The molecule has 3 aromatic rings. The molecule has 0 radical (unpaired) electrons. The van der Waals surface area contributed by atoms with Crippen LogP contribution >= 0.6 is 27.3 Å². The van der Waals surface area contributed by atoms with Gasteiger partial charge in [-0.1, -0.05) is 43.3 Å². The summed E-state index contributed by atoms with van der Waals surface area (Å²) in [5, 5.41) is 17.2. The van der Waals surface area contributed by atoms with Gasteiger partial charge in [0.25, 0.3) is 5.91 Å². The van der Waals surface area contributed by atoms with E-state index in [1.807, 2.05) is 49.4 Å². The average molecular weight is 595 g/mol. The molecule has 3 rings (SSSR count). The molecule has 0 aliphatic heterocycles. The van der Waals surface area contributed by atoms with Crippen molar-refractivity contribution in [2.24, 2.45) is 0 Å². The Morgan fingerprint density at radius 3 is 2.53 bits per heavy atom. The molecule has 0 spiro atoms. The third-order valence-electron chi connectivity index (χ3n) is 5.71. The fourth-order valence-corrected chi connectivity index (χ4v) is 6.41. The molecule has 0 aliphatic rings. The number of nitrogens with one attached hydrogen (secondary N) is 2. The molecule has 0 aliphatic carbocycles. The number of carbonyl (C=O) groups is 1. The van der Waals surface area contributed by atoms with E-state index in [4.69, 9.17) is 0 Å². The molecule has 1 heterocycles. The highest BCUT2D eigenvalue weighted by molar-refractivity contribution is 9.11. The molecule has 7 nitrogen and oxygen atoms in total. The van der Waals surface area contributed by atoms with Gasteiger partial charge in [0, 0.05) is 30.6 Å². The number of anilines is 1. The molecule has 0 unspecified atom stereocenters. The lowest BCUT2D eigenvalue weighted by Crippen LogP contribution is -2.48. The van der Waals surface area contributed by atoms with Crippen molar-refractivity contribution in [1.82, 2.24) is 10.6 Å². The predicted molar refractivity (Wildman–Crippen MR) is 150 cm³/mol. The monoisotopic (exact) mass is 593 g/mol. The van der Waals surface area contributed by atoms with Gasteiger partial charge >= 0.3 is 0 Å². The molecule has 10 heteroatoms. The van der Waals surface area contributed by atoms with Crippen LogP contribution in [0.5, 0.6) is 0 Å². The summed E-state index contributed by atoms with van der Waals surface area (Å²) in [4.78, 5) is 14.3. The Morgan fingerprint density at radius 1 is 1.11 bits per heavy atom. The maximum atomic E-state index is 13.2. The van der Waals surface area contributed by atoms with E-state index in [-0.39, 0.29) is 11.7 Å². The number of nitrogens with zero attached hydrogens (tertiary/aromatic N) is 1. The zero-order valence-corrected chi connectivity index (χ0v) is 23.6. The first-order valence-corrected chi connectivity index (χ1v) is 15.0. The number of benzene rings is 2. The van der Waals surface area contributed by atoms with Gasteiger partial charge in [0.2, 0.25) is 10.0 Å². The largest absolute Gasteiger partial charge is 0.390 e. The van der Waals surface area contributed by atoms with Crippen LogP contribution in [0.2, 0.25) is 0 Å². The molecule has 0 saturated carbocycles. The van der Waals surface area contributed by atoms with E-state index in [0.29, 0.717) is 37.2 Å². The molecule has 3 N–H and O–H groups in total. The van der Waals surface area contributed by atoms with E-state index < -0.39 is 22.2 Å². The molecule has 1 amide bonds. The number of sulfonamides is 1. The number of aliphatic hydroxyl groups excluding tert-OH is 1. The summed E-state index contributed by atoms with van der Waals surface area (Å²) in [6.45, 7) is 2.72. The molecule has 0 bridgehead atoms. The van der Waals surface area contributed by atoms with E-state index in [1.165, 1.54) is 11.4 Å². The highest BCUT2D eigenvalue weighted by Gasteiger charge is 2.24. The summed E-state index contributed by atoms with van der Waals surface area (Å²) < 4.78 is 27.2. The zero-order valence-electron chi connectivity index (χ0n) is 20.4. The summed E-state index contributed by atoms with van der Waals surface area (Å²) in [5.41, 5.74) is 1.73. The summed E-state index contributed by atoms with van der Waals surface area (Å²) in [6, 6.07) is 19.6. The number of hydrogen-bond acceptors (Lipinski definition) is 6.